The average Bonchev–Trinajstić information content (AvgIpc) is 2.76. The maximum atomic E-state index is 5.78. The Morgan fingerprint density at radius 3 is 2.88 bits per heavy atom. The van der Waals surface area contributed by atoms with E-state index >= 15 is 0 Å². The van der Waals surface area contributed by atoms with E-state index in [9.17, 15) is 0 Å². The van der Waals surface area contributed by atoms with Gasteiger partial charge in [0.05, 0.1) is 11.4 Å². The molecule has 0 aliphatic rings. The average molecular weight is 238 g/mol. The van der Waals surface area contributed by atoms with E-state index in [1.165, 1.54) is 0 Å². The molecule has 1 heterocycles. The Kier molecular flexibility index (Phi) is 3.19. The quantitative estimate of drug-likeness (QED) is 0.816. The third-order valence-electron chi connectivity index (χ3n) is 2.47. The van der Waals surface area contributed by atoms with Crippen molar-refractivity contribution in [1.29, 1.82) is 0 Å². The molecule has 0 unspecified atom stereocenters. The van der Waals surface area contributed by atoms with Gasteiger partial charge in [-0.3, -0.25) is 0 Å². The van der Waals surface area contributed by atoms with Crippen molar-refractivity contribution in [3.05, 3.63) is 12.1 Å². The molecule has 1 aromatic heterocycles. The molecule has 0 bridgehead atoms. The Balaban J connectivity index is 2.37. The fourth-order valence-electron chi connectivity index (χ4n) is 1.53. The van der Waals surface area contributed by atoms with Gasteiger partial charge in [-0.15, -0.1) is 0 Å². The summed E-state index contributed by atoms with van der Waals surface area (Å²) < 4.78 is 4.73. The van der Waals surface area contributed by atoms with Crippen LogP contribution in [0.25, 0.3) is 11.0 Å². The molecule has 0 atom stereocenters. The molecule has 86 valence electrons. The van der Waals surface area contributed by atoms with Crippen molar-refractivity contribution in [1.82, 2.24) is 10.3 Å². The SMILES string of the molecule is CSCCN(C)c1ccc(N)c2nonc12. The maximum absolute atomic E-state index is 5.78. The number of benzene rings is 1. The molecule has 0 aliphatic carbocycles. The minimum atomic E-state index is 0.596. The lowest BCUT2D eigenvalue weighted by Crippen LogP contribution is -2.20. The van der Waals surface area contributed by atoms with Crippen LogP contribution in [-0.2, 0) is 0 Å². The van der Waals surface area contributed by atoms with E-state index in [0.717, 1.165) is 23.5 Å². The number of hydrogen-bond donors (Lipinski definition) is 1. The minimum Gasteiger partial charge on any atom is -0.397 e. The number of rotatable bonds is 4. The Morgan fingerprint density at radius 1 is 1.38 bits per heavy atom. The largest absolute Gasteiger partial charge is 0.397 e. The molecule has 2 aromatic rings. The standard InChI is InChI=1S/C10H14N4OS/c1-14(5-6-16-2)8-4-3-7(11)9-10(8)13-15-12-9/h3-4H,5-6,11H2,1-2H3. The molecule has 5 nitrogen and oxygen atoms in total. The van der Waals surface area contributed by atoms with Crippen LogP contribution in [0.1, 0.15) is 0 Å². The number of fused-ring (bicyclic) bond motifs is 1. The summed E-state index contributed by atoms with van der Waals surface area (Å²) in [5, 5.41) is 7.69. The van der Waals surface area contributed by atoms with Crippen LogP contribution in [0, 0.1) is 0 Å². The van der Waals surface area contributed by atoms with Crippen LogP contribution in [-0.4, -0.2) is 35.9 Å². The third-order valence-corrected chi connectivity index (χ3v) is 3.06. The van der Waals surface area contributed by atoms with E-state index < -0.39 is 0 Å². The first-order valence-electron chi connectivity index (χ1n) is 4.95. The number of aromatic nitrogens is 2. The van der Waals surface area contributed by atoms with Crippen molar-refractivity contribution in [2.45, 2.75) is 0 Å². The highest BCUT2D eigenvalue weighted by Gasteiger charge is 2.12. The minimum absolute atomic E-state index is 0.596. The van der Waals surface area contributed by atoms with Crippen LogP contribution >= 0.6 is 11.8 Å². The third kappa shape index (κ3) is 1.92. The lowest BCUT2D eigenvalue weighted by molar-refractivity contribution is 0.315. The van der Waals surface area contributed by atoms with Gasteiger partial charge in [0.15, 0.2) is 11.0 Å². The van der Waals surface area contributed by atoms with E-state index in [4.69, 9.17) is 10.4 Å². The van der Waals surface area contributed by atoms with Gasteiger partial charge in [0, 0.05) is 19.3 Å². The molecular weight excluding hydrogens is 224 g/mol. The van der Waals surface area contributed by atoms with Crippen molar-refractivity contribution < 1.29 is 4.63 Å². The summed E-state index contributed by atoms with van der Waals surface area (Å²) in [6, 6.07) is 3.78. The Morgan fingerprint density at radius 2 is 2.12 bits per heavy atom. The zero-order valence-electron chi connectivity index (χ0n) is 9.30. The van der Waals surface area contributed by atoms with Crippen LogP contribution < -0.4 is 10.6 Å². The van der Waals surface area contributed by atoms with Gasteiger partial charge in [0.25, 0.3) is 0 Å². The molecule has 16 heavy (non-hydrogen) atoms. The lowest BCUT2D eigenvalue weighted by atomic mass is 10.2. The smallest absolute Gasteiger partial charge is 0.160 e. The van der Waals surface area contributed by atoms with Gasteiger partial charge >= 0.3 is 0 Å². The van der Waals surface area contributed by atoms with Crippen molar-refractivity contribution in [2.24, 2.45) is 0 Å². The van der Waals surface area contributed by atoms with Crippen LogP contribution in [0.3, 0.4) is 0 Å². The summed E-state index contributed by atoms with van der Waals surface area (Å²) in [5.74, 6) is 1.06. The number of nitrogens with zero attached hydrogens (tertiary/aromatic N) is 3. The van der Waals surface area contributed by atoms with Gasteiger partial charge in [-0.1, -0.05) is 0 Å². The topological polar surface area (TPSA) is 68.2 Å². The Hall–Kier alpha value is -1.43. The second-order valence-electron chi connectivity index (χ2n) is 3.55. The molecule has 1 aromatic carbocycles. The van der Waals surface area contributed by atoms with Gasteiger partial charge in [0.2, 0.25) is 0 Å². The monoisotopic (exact) mass is 238 g/mol. The normalized spacial score (nSPS) is 10.9. The molecule has 2 rings (SSSR count). The molecule has 0 saturated heterocycles. The van der Waals surface area contributed by atoms with Crippen molar-refractivity contribution in [2.75, 3.05) is 36.2 Å². The van der Waals surface area contributed by atoms with Gasteiger partial charge < -0.3 is 10.6 Å². The molecule has 0 amide bonds. The first-order chi connectivity index (χ1) is 7.74. The predicted molar refractivity (Wildman–Crippen MR) is 67.9 cm³/mol. The summed E-state index contributed by atoms with van der Waals surface area (Å²) in [6.45, 7) is 0.951. The number of anilines is 2. The van der Waals surface area contributed by atoms with Crippen molar-refractivity contribution >= 4 is 34.2 Å². The first-order valence-corrected chi connectivity index (χ1v) is 6.34. The van der Waals surface area contributed by atoms with Crippen molar-refractivity contribution in [3.8, 4) is 0 Å². The number of hydrogen-bond acceptors (Lipinski definition) is 6. The summed E-state index contributed by atoms with van der Waals surface area (Å²) in [5.41, 5.74) is 8.74. The number of thioether (sulfide) groups is 1. The summed E-state index contributed by atoms with van der Waals surface area (Å²) in [4.78, 5) is 2.13. The molecule has 0 spiro atoms. The molecule has 0 aliphatic heterocycles. The second-order valence-corrected chi connectivity index (χ2v) is 4.54. The van der Waals surface area contributed by atoms with Crippen LogP contribution in [0.5, 0.6) is 0 Å². The first kappa shape index (κ1) is 11.1. The highest BCUT2D eigenvalue weighted by atomic mass is 32.2. The van der Waals surface area contributed by atoms with Gasteiger partial charge in [-0.2, -0.15) is 11.8 Å². The fourth-order valence-corrected chi connectivity index (χ4v) is 1.99. The number of nitrogen functional groups attached to an aromatic ring is 1. The molecule has 6 heteroatoms. The Labute approximate surface area is 97.9 Å². The lowest BCUT2D eigenvalue weighted by Gasteiger charge is -2.18. The van der Waals surface area contributed by atoms with E-state index in [1.54, 1.807) is 0 Å². The van der Waals surface area contributed by atoms with Crippen LogP contribution in [0.2, 0.25) is 0 Å². The number of nitrogens with two attached hydrogens (primary N) is 1. The van der Waals surface area contributed by atoms with E-state index in [2.05, 4.69) is 21.5 Å². The molecule has 0 radical (unpaired) electrons. The second kappa shape index (κ2) is 4.61. The summed E-state index contributed by atoms with van der Waals surface area (Å²) >= 11 is 1.81. The van der Waals surface area contributed by atoms with Crippen molar-refractivity contribution in [3.63, 3.8) is 0 Å². The zero-order chi connectivity index (χ0) is 11.5. The summed E-state index contributed by atoms with van der Waals surface area (Å²) in [6.07, 6.45) is 2.09. The fraction of sp³-hybridized carbons (Fsp3) is 0.400. The molecule has 0 fully saturated rings. The van der Waals surface area contributed by atoms with E-state index in [1.807, 2.05) is 30.9 Å². The van der Waals surface area contributed by atoms with Crippen LogP contribution in [0.4, 0.5) is 11.4 Å². The Bertz CT molecular complexity index is 485. The predicted octanol–water partition coefficient (Wildman–Crippen LogP) is 1.60. The van der Waals surface area contributed by atoms with Crippen LogP contribution in [0.15, 0.2) is 16.8 Å². The molecule has 2 N–H and O–H groups in total. The maximum Gasteiger partial charge on any atom is 0.160 e. The van der Waals surface area contributed by atoms with Gasteiger partial charge in [-0.25, -0.2) is 4.63 Å². The van der Waals surface area contributed by atoms with Gasteiger partial charge in [0.1, 0.15) is 0 Å². The highest BCUT2D eigenvalue weighted by Crippen LogP contribution is 2.27. The zero-order valence-corrected chi connectivity index (χ0v) is 10.1. The van der Waals surface area contributed by atoms with E-state index in [0.29, 0.717) is 11.2 Å². The highest BCUT2D eigenvalue weighted by molar-refractivity contribution is 7.98. The van der Waals surface area contributed by atoms with E-state index in [-0.39, 0.29) is 0 Å². The summed E-state index contributed by atoms with van der Waals surface area (Å²) in [7, 11) is 2.02. The molecule has 0 saturated carbocycles. The van der Waals surface area contributed by atoms with Gasteiger partial charge in [-0.05, 0) is 28.7 Å². The molecular formula is C10H14N4OS.